The highest BCUT2D eigenvalue weighted by Crippen LogP contribution is 2.37. The maximum Gasteiger partial charge on any atom is 0.311 e. The summed E-state index contributed by atoms with van der Waals surface area (Å²) in [6.45, 7) is 0. The largest absolute Gasteiger partial charge is 0.481 e. The van der Waals surface area contributed by atoms with Crippen molar-refractivity contribution in [2.75, 3.05) is 5.75 Å². The molecule has 0 aliphatic carbocycles. The van der Waals surface area contributed by atoms with Crippen LogP contribution in [-0.4, -0.2) is 16.8 Å². The van der Waals surface area contributed by atoms with Gasteiger partial charge in [0.25, 0.3) is 0 Å². The molecule has 1 aromatic carbocycles. The Labute approximate surface area is 85.1 Å². The Hall–Kier alpha value is -1.03. The van der Waals surface area contributed by atoms with Crippen LogP contribution in [0.15, 0.2) is 23.1 Å². The van der Waals surface area contributed by atoms with Gasteiger partial charge >= 0.3 is 5.97 Å². The number of carboxylic acid groups (broad SMARTS) is 1. The van der Waals surface area contributed by atoms with Gasteiger partial charge < -0.3 is 5.11 Å². The molecule has 0 aromatic heterocycles. The Bertz CT molecular complexity index is 378. The Kier molecular flexibility index (Phi) is 2.46. The van der Waals surface area contributed by atoms with E-state index < -0.39 is 11.9 Å². The molecule has 0 amide bonds. The number of benzene rings is 1. The number of fused-ring (bicyclic) bond motifs is 1. The molecule has 1 heterocycles. The Balaban J connectivity index is 2.44. The molecule has 14 heavy (non-hydrogen) atoms. The first-order valence-corrected chi connectivity index (χ1v) is 5.32. The second-order valence-corrected chi connectivity index (χ2v) is 4.35. The molecule has 1 aliphatic rings. The van der Waals surface area contributed by atoms with Crippen LogP contribution < -0.4 is 0 Å². The highest BCUT2D eigenvalue weighted by atomic mass is 32.2. The molecule has 2 nitrogen and oxygen atoms in total. The van der Waals surface area contributed by atoms with Crippen LogP contribution in [-0.2, 0) is 4.79 Å². The first kappa shape index (κ1) is 9.52. The third-order valence-corrected chi connectivity index (χ3v) is 3.42. The second kappa shape index (κ2) is 3.61. The van der Waals surface area contributed by atoms with Gasteiger partial charge in [-0.3, -0.25) is 4.79 Å². The molecular formula is C10H9FO2S. The zero-order valence-electron chi connectivity index (χ0n) is 7.37. The van der Waals surface area contributed by atoms with E-state index in [9.17, 15) is 9.18 Å². The van der Waals surface area contributed by atoms with E-state index in [1.807, 2.05) is 0 Å². The summed E-state index contributed by atoms with van der Waals surface area (Å²) in [5, 5.41) is 8.95. The molecule has 4 heteroatoms. The average Bonchev–Trinajstić information content (AvgIpc) is 2.16. The minimum atomic E-state index is -0.821. The fourth-order valence-electron chi connectivity index (χ4n) is 1.62. The van der Waals surface area contributed by atoms with Crippen LogP contribution in [0.5, 0.6) is 0 Å². The van der Waals surface area contributed by atoms with Gasteiger partial charge in [0.05, 0.1) is 5.92 Å². The maximum atomic E-state index is 12.9. The van der Waals surface area contributed by atoms with Crippen LogP contribution >= 0.6 is 11.8 Å². The van der Waals surface area contributed by atoms with Crippen LogP contribution in [0.1, 0.15) is 17.9 Å². The lowest BCUT2D eigenvalue weighted by molar-refractivity contribution is -0.138. The van der Waals surface area contributed by atoms with Gasteiger partial charge in [0, 0.05) is 4.90 Å². The maximum absolute atomic E-state index is 12.9. The molecule has 0 radical (unpaired) electrons. The van der Waals surface area contributed by atoms with Crippen molar-refractivity contribution in [3.05, 3.63) is 29.6 Å². The Morgan fingerprint density at radius 1 is 1.57 bits per heavy atom. The van der Waals surface area contributed by atoms with Crippen molar-refractivity contribution in [2.24, 2.45) is 0 Å². The van der Waals surface area contributed by atoms with Gasteiger partial charge in [-0.05, 0) is 29.9 Å². The average molecular weight is 212 g/mol. The van der Waals surface area contributed by atoms with Gasteiger partial charge in [0.2, 0.25) is 0 Å². The van der Waals surface area contributed by atoms with Crippen molar-refractivity contribution in [3.63, 3.8) is 0 Å². The molecule has 1 aromatic rings. The number of aliphatic carboxylic acids is 1. The van der Waals surface area contributed by atoms with Crippen molar-refractivity contribution in [3.8, 4) is 0 Å². The van der Waals surface area contributed by atoms with Crippen molar-refractivity contribution >= 4 is 17.7 Å². The number of hydrogen-bond acceptors (Lipinski definition) is 2. The SMILES string of the molecule is O=C(O)C1CCSc2cc(F)ccc21. The van der Waals surface area contributed by atoms with E-state index in [1.165, 1.54) is 23.9 Å². The van der Waals surface area contributed by atoms with Gasteiger partial charge in [-0.15, -0.1) is 11.8 Å². The number of carbonyl (C=O) groups is 1. The molecule has 2 rings (SSSR count). The topological polar surface area (TPSA) is 37.3 Å². The summed E-state index contributed by atoms with van der Waals surface area (Å²) < 4.78 is 12.9. The molecule has 0 fully saturated rings. The highest BCUT2D eigenvalue weighted by Gasteiger charge is 2.26. The van der Waals surface area contributed by atoms with E-state index in [4.69, 9.17) is 5.11 Å². The normalized spacial score (nSPS) is 20.2. The van der Waals surface area contributed by atoms with Crippen LogP contribution in [0.4, 0.5) is 4.39 Å². The number of carboxylic acids is 1. The lowest BCUT2D eigenvalue weighted by Crippen LogP contribution is -2.16. The first-order chi connectivity index (χ1) is 6.68. The number of thioether (sulfide) groups is 1. The van der Waals surface area contributed by atoms with E-state index in [-0.39, 0.29) is 5.82 Å². The van der Waals surface area contributed by atoms with Gasteiger partial charge in [-0.1, -0.05) is 6.07 Å². The zero-order chi connectivity index (χ0) is 10.1. The molecule has 0 spiro atoms. The van der Waals surface area contributed by atoms with Crippen molar-refractivity contribution in [1.29, 1.82) is 0 Å². The molecule has 74 valence electrons. The van der Waals surface area contributed by atoms with Crippen LogP contribution in [0.3, 0.4) is 0 Å². The third kappa shape index (κ3) is 1.62. The summed E-state index contributed by atoms with van der Waals surface area (Å²) in [6, 6.07) is 4.31. The fraction of sp³-hybridized carbons (Fsp3) is 0.300. The van der Waals surface area contributed by atoms with Crippen molar-refractivity contribution in [1.82, 2.24) is 0 Å². The number of rotatable bonds is 1. The van der Waals surface area contributed by atoms with E-state index in [0.29, 0.717) is 6.42 Å². The Morgan fingerprint density at radius 2 is 2.36 bits per heavy atom. The fourth-order valence-corrected chi connectivity index (χ4v) is 2.77. The summed E-state index contributed by atoms with van der Waals surface area (Å²) in [6.07, 6.45) is 0.624. The van der Waals surface area contributed by atoms with E-state index in [1.54, 1.807) is 6.07 Å². The molecule has 1 aliphatic heterocycles. The van der Waals surface area contributed by atoms with Gasteiger partial charge in [0.1, 0.15) is 5.82 Å². The number of halogens is 1. The molecular weight excluding hydrogens is 203 g/mol. The molecule has 0 saturated carbocycles. The van der Waals surface area contributed by atoms with E-state index in [2.05, 4.69) is 0 Å². The van der Waals surface area contributed by atoms with Crippen molar-refractivity contribution < 1.29 is 14.3 Å². The lowest BCUT2D eigenvalue weighted by Gasteiger charge is -2.21. The summed E-state index contributed by atoms with van der Waals surface area (Å²) >= 11 is 1.52. The van der Waals surface area contributed by atoms with Crippen LogP contribution in [0, 0.1) is 5.82 Å². The smallest absolute Gasteiger partial charge is 0.311 e. The van der Waals surface area contributed by atoms with E-state index in [0.717, 1.165) is 16.2 Å². The lowest BCUT2D eigenvalue weighted by atomic mass is 9.96. The van der Waals surface area contributed by atoms with E-state index >= 15 is 0 Å². The summed E-state index contributed by atoms with van der Waals surface area (Å²) in [7, 11) is 0. The number of hydrogen-bond donors (Lipinski definition) is 1. The highest BCUT2D eigenvalue weighted by molar-refractivity contribution is 7.99. The quantitative estimate of drug-likeness (QED) is 0.777. The monoisotopic (exact) mass is 212 g/mol. The molecule has 0 saturated heterocycles. The third-order valence-electron chi connectivity index (χ3n) is 2.31. The van der Waals surface area contributed by atoms with Gasteiger partial charge in [-0.25, -0.2) is 4.39 Å². The van der Waals surface area contributed by atoms with Gasteiger partial charge in [0.15, 0.2) is 0 Å². The Morgan fingerprint density at radius 3 is 3.07 bits per heavy atom. The molecule has 0 bridgehead atoms. The predicted octanol–water partition coefficient (Wildman–Crippen LogP) is 2.49. The van der Waals surface area contributed by atoms with Gasteiger partial charge in [-0.2, -0.15) is 0 Å². The minimum absolute atomic E-state index is 0.303. The predicted molar refractivity (Wildman–Crippen MR) is 52.1 cm³/mol. The molecule has 1 N–H and O–H groups in total. The minimum Gasteiger partial charge on any atom is -0.481 e. The zero-order valence-corrected chi connectivity index (χ0v) is 8.18. The van der Waals surface area contributed by atoms with Crippen LogP contribution in [0.2, 0.25) is 0 Å². The molecule has 1 atom stereocenters. The first-order valence-electron chi connectivity index (χ1n) is 4.33. The summed E-state index contributed by atoms with van der Waals surface area (Å²) in [5.74, 6) is -0.847. The standard InChI is InChI=1S/C10H9FO2S/c11-6-1-2-7-8(10(12)13)3-4-14-9(7)5-6/h1-2,5,8H,3-4H2,(H,12,13). The second-order valence-electron chi connectivity index (χ2n) is 3.21. The van der Waals surface area contributed by atoms with Crippen LogP contribution in [0.25, 0.3) is 0 Å². The summed E-state index contributed by atoms with van der Waals surface area (Å²) in [4.78, 5) is 11.7. The van der Waals surface area contributed by atoms with Crippen molar-refractivity contribution in [2.45, 2.75) is 17.2 Å². The molecule has 1 unspecified atom stereocenters. The summed E-state index contributed by atoms with van der Waals surface area (Å²) in [5.41, 5.74) is 0.746.